The van der Waals surface area contributed by atoms with E-state index in [0.717, 1.165) is 11.6 Å². The largest absolute Gasteiger partial charge is 0.478 e. The number of rotatable bonds is 3. The lowest BCUT2D eigenvalue weighted by Gasteiger charge is -1.91. The van der Waals surface area contributed by atoms with Crippen LogP contribution >= 0.6 is 11.6 Å². The number of hydrogen-bond acceptors (Lipinski definition) is 3. The van der Waals surface area contributed by atoms with Gasteiger partial charge in [0.05, 0.1) is 5.88 Å². The molecule has 1 heterocycles. The minimum absolute atomic E-state index is 0.217. The molecular formula is C11H8ClNO3. The lowest BCUT2D eigenvalue weighted by Crippen LogP contribution is -1.85. The van der Waals surface area contributed by atoms with Gasteiger partial charge < -0.3 is 9.52 Å². The number of nitrogens with zero attached hydrogens (tertiary/aromatic N) is 1. The van der Waals surface area contributed by atoms with Crippen molar-refractivity contribution in [2.45, 2.75) is 5.88 Å². The molecule has 1 aromatic carbocycles. The Bertz CT molecular complexity index is 559. The van der Waals surface area contributed by atoms with Crippen molar-refractivity contribution in [2.75, 3.05) is 0 Å². The Kier molecular flexibility index (Phi) is 2.92. The van der Waals surface area contributed by atoms with Gasteiger partial charge in [-0.15, -0.1) is 11.6 Å². The number of benzene rings is 1. The maximum atomic E-state index is 10.3. The molecule has 0 aliphatic carbocycles. The first-order valence-corrected chi connectivity index (χ1v) is 5.09. The van der Waals surface area contributed by atoms with E-state index >= 15 is 0 Å². The summed E-state index contributed by atoms with van der Waals surface area (Å²) in [7, 11) is 0. The van der Waals surface area contributed by atoms with Crippen LogP contribution in [0, 0.1) is 0 Å². The minimum atomic E-state index is -0.987. The van der Waals surface area contributed by atoms with Gasteiger partial charge in [0, 0.05) is 6.08 Å². The molecule has 2 rings (SSSR count). The van der Waals surface area contributed by atoms with E-state index < -0.39 is 5.97 Å². The van der Waals surface area contributed by atoms with E-state index in [1.54, 1.807) is 18.2 Å². The second-order valence-electron chi connectivity index (χ2n) is 3.14. The van der Waals surface area contributed by atoms with Crippen LogP contribution in [0.1, 0.15) is 11.5 Å². The summed E-state index contributed by atoms with van der Waals surface area (Å²) in [5, 5.41) is 8.49. The van der Waals surface area contributed by atoms with Crippen LogP contribution in [0.3, 0.4) is 0 Å². The van der Waals surface area contributed by atoms with Gasteiger partial charge >= 0.3 is 5.97 Å². The zero-order chi connectivity index (χ0) is 11.5. The second-order valence-corrected chi connectivity index (χ2v) is 3.41. The third-order valence-corrected chi connectivity index (χ3v) is 2.22. The van der Waals surface area contributed by atoms with Crippen molar-refractivity contribution in [3.63, 3.8) is 0 Å². The van der Waals surface area contributed by atoms with Crippen LogP contribution < -0.4 is 0 Å². The number of halogens is 1. The summed E-state index contributed by atoms with van der Waals surface area (Å²) in [4.78, 5) is 14.5. The predicted octanol–water partition coefficient (Wildman–Crippen LogP) is 2.66. The molecule has 5 heteroatoms. The van der Waals surface area contributed by atoms with Crippen molar-refractivity contribution < 1.29 is 14.3 Å². The molecule has 1 aromatic heterocycles. The Labute approximate surface area is 96.2 Å². The standard InChI is InChI=1S/C11H8ClNO3/c12-6-10-13-8-3-1-7(2-4-11(14)15)5-9(8)16-10/h1-5H,6H2,(H,14,15)/b4-2+. The van der Waals surface area contributed by atoms with Gasteiger partial charge in [-0.2, -0.15) is 0 Å². The SMILES string of the molecule is O=C(O)/C=C/c1ccc2nc(CCl)oc2c1. The highest BCUT2D eigenvalue weighted by atomic mass is 35.5. The molecule has 0 spiro atoms. The monoisotopic (exact) mass is 237 g/mol. The number of fused-ring (bicyclic) bond motifs is 1. The van der Waals surface area contributed by atoms with E-state index in [1.165, 1.54) is 6.08 Å². The number of aromatic nitrogens is 1. The van der Waals surface area contributed by atoms with Crippen LogP contribution in [-0.4, -0.2) is 16.1 Å². The van der Waals surface area contributed by atoms with E-state index in [9.17, 15) is 4.79 Å². The molecule has 0 amide bonds. The van der Waals surface area contributed by atoms with Crippen molar-refractivity contribution in [1.82, 2.24) is 4.98 Å². The number of oxazole rings is 1. The Balaban J connectivity index is 2.39. The van der Waals surface area contributed by atoms with Gasteiger partial charge in [-0.25, -0.2) is 9.78 Å². The highest BCUT2D eigenvalue weighted by molar-refractivity contribution is 6.16. The predicted molar refractivity (Wildman–Crippen MR) is 60.2 cm³/mol. The average Bonchev–Trinajstić information content (AvgIpc) is 2.68. The van der Waals surface area contributed by atoms with E-state index in [4.69, 9.17) is 21.1 Å². The molecule has 0 saturated carbocycles. The van der Waals surface area contributed by atoms with Gasteiger partial charge in [0.2, 0.25) is 5.89 Å². The molecule has 0 bridgehead atoms. The third kappa shape index (κ3) is 2.23. The molecule has 0 aliphatic rings. The third-order valence-electron chi connectivity index (χ3n) is 1.99. The van der Waals surface area contributed by atoms with Gasteiger partial charge in [0.25, 0.3) is 0 Å². The topological polar surface area (TPSA) is 63.3 Å². The zero-order valence-corrected chi connectivity index (χ0v) is 8.94. The highest BCUT2D eigenvalue weighted by Gasteiger charge is 2.04. The first-order valence-electron chi connectivity index (χ1n) is 4.55. The van der Waals surface area contributed by atoms with Crippen molar-refractivity contribution in [1.29, 1.82) is 0 Å². The summed E-state index contributed by atoms with van der Waals surface area (Å²) in [6, 6.07) is 5.25. The fraction of sp³-hybridized carbons (Fsp3) is 0.0909. The van der Waals surface area contributed by atoms with Crippen molar-refractivity contribution >= 4 is 34.7 Å². The molecule has 0 unspecified atom stereocenters. The molecule has 2 aromatic rings. The molecule has 0 fully saturated rings. The normalized spacial score (nSPS) is 11.3. The van der Waals surface area contributed by atoms with Crippen LogP contribution in [0.4, 0.5) is 0 Å². The Hall–Kier alpha value is -1.81. The van der Waals surface area contributed by atoms with Gasteiger partial charge in [-0.3, -0.25) is 0 Å². The van der Waals surface area contributed by atoms with Crippen LogP contribution in [0.25, 0.3) is 17.2 Å². The van der Waals surface area contributed by atoms with Gasteiger partial charge in [-0.05, 0) is 23.8 Å². The Morgan fingerprint density at radius 3 is 3.06 bits per heavy atom. The van der Waals surface area contributed by atoms with Crippen LogP contribution in [-0.2, 0) is 10.7 Å². The van der Waals surface area contributed by atoms with E-state index in [1.807, 2.05) is 0 Å². The first kappa shape index (κ1) is 10.7. The summed E-state index contributed by atoms with van der Waals surface area (Å²) in [6.07, 6.45) is 2.56. The fourth-order valence-electron chi connectivity index (χ4n) is 1.32. The molecule has 82 valence electrons. The zero-order valence-electron chi connectivity index (χ0n) is 8.18. The fourth-order valence-corrected chi connectivity index (χ4v) is 1.43. The van der Waals surface area contributed by atoms with E-state index in [2.05, 4.69) is 4.98 Å². The van der Waals surface area contributed by atoms with E-state index in [0.29, 0.717) is 17.0 Å². The number of carboxylic acids is 1. The molecule has 0 atom stereocenters. The summed E-state index contributed by atoms with van der Waals surface area (Å²) in [5.74, 6) is -0.315. The number of carbonyl (C=O) groups is 1. The van der Waals surface area contributed by atoms with E-state index in [-0.39, 0.29) is 5.88 Å². The van der Waals surface area contributed by atoms with Crippen molar-refractivity contribution in [3.8, 4) is 0 Å². The minimum Gasteiger partial charge on any atom is -0.478 e. The number of carboxylic acid groups (broad SMARTS) is 1. The van der Waals surface area contributed by atoms with Crippen LogP contribution in [0.2, 0.25) is 0 Å². The molecule has 4 nitrogen and oxygen atoms in total. The van der Waals surface area contributed by atoms with Gasteiger partial charge in [0.15, 0.2) is 5.58 Å². The Morgan fingerprint density at radius 2 is 2.38 bits per heavy atom. The smallest absolute Gasteiger partial charge is 0.328 e. The molecule has 1 N–H and O–H groups in total. The molecule has 0 aliphatic heterocycles. The molecule has 0 saturated heterocycles. The molecule has 0 radical (unpaired) electrons. The first-order chi connectivity index (χ1) is 7.69. The van der Waals surface area contributed by atoms with Crippen molar-refractivity contribution in [3.05, 3.63) is 35.7 Å². The highest BCUT2D eigenvalue weighted by Crippen LogP contribution is 2.18. The summed E-state index contributed by atoms with van der Waals surface area (Å²) >= 11 is 5.59. The number of aliphatic carboxylic acids is 1. The summed E-state index contributed by atoms with van der Waals surface area (Å²) in [5.41, 5.74) is 2.05. The molecule has 16 heavy (non-hydrogen) atoms. The summed E-state index contributed by atoms with van der Waals surface area (Å²) in [6.45, 7) is 0. The number of alkyl halides is 1. The van der Waals surface area contributed by atoms with Crippen LogP contribution in [0.15, 0.2) is 28.7 Å². The summed E-state index contributed by atoms with van der Waals surface area (Å²) < 4.78 is 5.34. The van der Waals surface area contributed by atoms with Crippen LogP contribution in [0.5, 0.6) is 0 Å². The number of hydrogen-bond donors (Lipinski definition) is 1. The van der Waals surface area contributed by atoms with Crippen molar-refractivity contribution in [2.24, 2.45) is 0 Å². The average molecular weight is 238 g/mol. The lowest BCUT2D eigenvalue weighted by atomic mass is 10.2. The quantitative estimate of drug-likeness (QED) is 0.659. The lowest BCUT2D eigenvalue weighted by molar-refractivity contribution is -0.131. The molecular weight excluding hydrogens is 230 g/mol. The van der Waals surface area contributed by atoms with Gasteiger partial charge in [-0.1, -0.05) is 6.07 Å². The Morgan fingerprint density at radius 1 is 1.56 bits per heavy atom. The second kappa shape index (κ2) is 4.37. The van der Waals surface area contributed by atoms with Gasteiger partial charge in [0.1, 0.15) is 5.52 Å². The maximum absolute atomic E-state index is 10.3. The maximum Gasteiger partial charge on any atom is 0.328 e.